The summed E-state index contributed by atoms with van der Waals surface area (Å²) in [5, 5.41) is 3.44. The van der Waals surface area contributed by atoms with Crippen LogP contribution in [0.1, 0.15) is 5.69 Å². The monoisotopic (exact) mass is 319 g/mol. The van der Waals surface area contributed by atoms with Gasteiger partial charge in [-0.05, 0) is 36.4 Å². The zero-order valence-electron chi connectivity index (χ0n) is 11.9. The molecule has 2 aromatic heterocycles. The number of nitrogens with zero attached hydrogens (tertiary/aromatic N) is 4. The van der Waals surface area contributed by atoms with E-state index in [0.29, 0.717) is 11.4 Å². The second-order valence-electron chi connectivity index (χ2n) is 4.55. The van der Waals surface area contributed by atoms with Crippen LogP contribution in [0.4, 0.5) is 13.2 Å². The van der Waals surface area contributed by atoms with Crippen molar-refractivity contribution in [2.24, 2.45) is 0 Å². The fraction of sp³-hybridized carbons (Fsp3) is 0.133. The molecule has 0 saturated heterocycles. The van der Waals surface area contributed by atoms with Gasteiger partial charge in [-0.3, -0.25) is 0 Å². The Bertz CT molecular complexity index is 812. The van der Waals surface area contributed by atoms with E-state index in [9.17, 15) is 13.2 Å². The average molecular weight is 319 g/mol. The minimum atomic E-state index is -4.51. The number of benzene rings is 1. The normalized spacial score (nSPS) is 11.5. The lowest BCUT2D eigenvalue weighted by molar-refractivity contribution is -0.141. The Labute approximate surface area is 129 Å². The first-order valence-corrected chi connectivity index (χ1v) is 6.50. The van der Waals surface area contributed by atoms with E-state index in [2.05, 4.69) is 21.3 Å². The molecule has 2 heterocycles. The molecule has 1 aromatic carbocycles. The molecule has 0 amide bonds. The van der Waals surface area contributed by atoms with Crippen LogP contribution in [0.3, 0.4) is 0 Å². The van der Waals surface area contributed by atoms with Crippen molar-refractivity contribution in [2.45, 2.75) is 6.18 Å². The Hall–Kier alpha value is -2.90. The average Bonchev–Trinajstić information content (AvgIpc) is 3.05. The van der Waals surface area contributed by atoms with Gasteiger partial charge in [0, 0.05) is 11.8 Å². The summed E-state index contributed by atoms with van der Waals surface area (Å²) in [6, 6.07) is 9.48. The van der Waals surface area contributed by atoms with Crippen LogP contribution in [0.2, 0.25) is 0 Å². The third-order valence-electron chi connectivity index (χ3n) is 3.06. The number of halogens is 3. The molecule has 0 N–H and O–H groups in total. The van der Waals surface area contributed by atoms with Gasteiger partial charge in [0.1, 0.15) is 5.75 Å². The molecule has 5 nitrogen and oxygen atoms in total. The lowest BCUT2D eigenvalue weighted by atomic mass is 10.1. The van der Waals surface area contributed by atoms with Gasteiger partial charge in [0.05, 0.1) is 19.0 Å². The Balaban J connectivity index is 1.94. The van der Waals surface area contributed by atoms with Crippen LogP contribution in [-0.4, -0.2) is 26.9 Å². The predicted molar refractivity (Wildman–Crippen MR) is 75.0 cm³/mol. The first-order valence-electron chi connectivity index (χ1n) is 6.50. The van der Waals surface area contributed by atoms with E-state index in [4.69, 9.17) is 4.74 Å². The van der Waals surface area contributed by atoms with E-state index in [1.54, 1.807) is 37.4 Å². The number of methoxy groups -OCH3 is 1. The first kappa shape index (κ1) is 15.0. The summed E-state index contributed by atoms with van der Waals surface area (Å²) in [6.07, 6.45) is -0.737. The largest absolute Gasteiger partial charge is 0.497 e. The highest BCUT2D eigenvalue weighted by Crippen LogP contribution is 2.27. The zero-order chi connectivity index (χ0) is 16.4. The molecule has 3 aromatic rings. The van der Waals surface area contributed by atoms with Gasteiger partial charge in [-0.2, -0.15) is 18.3 Å². The lowest BCUT2D eigenvalue weighted by Crippen LogP contribution is -2.08. The number of ether oxygens (including phenoxy) is 1. The van der Waals surface area contributed by atoms with Crippen molar-refractivity contribution in [3.05, 3.63) is 54.5 Å². The van der Waals surface area contributed by atoms with Crippen molar-refractivity contribution in [1.82, 2.24) is 19.7 Å². The molecule has 0 aliphatic carbocycles. The molecule has 0 saturated carbocycles. The molecule has 23 heavy (non-hydrogen) atoms. The lowest BCUT2D eigenvalue weighted by Gasteiger charge is -2.05. The van der Waals surface area contributed by atoms with Crippen LogP contribution in [0, 0.1) is 6.20 Å². The van der Waals surface area contributed by atoms with Gasteiger partial charge in [-0.15, -0.1) is 0 Å². The van der Waals surface area contributed by atoms with Crippen molar-refractivity contribution in [1.29, 1.82) is 0 Å². The second kappa shape index (κ2) is 5.71. The first-order chi connectivity index (χ1) is 11.0. The summed E-state index contributed by atoms with van der Waals surface area (Å²) < 4.78 is 43.8. The Morgan fingerprint density at radius 2 is 1.87 bits per heavy atom. The maximum Gasteiger partial charge on any atom is 0.435 e. The maximum absolute atomic E-state index is 12.6. The third-order valence-corrected chi connectivity index (χ3v) is 3.06. The number of alkyl halides is 3. The summed E-state index contributed by atoms with van der Waals surface area (Å²) in [5.74, 6) is 0.697. The van der Waals surface area contributed by atoms with Gasteiger partial charge in [0.2, 0.25) is 0 Å². The van der Waals surface area contributed by atoms with Crippen molar-refractivity contribution in [3.63, 3.8) is 0 Å². The van der Waals surface area contributed by atoms with Crippen molar-refractivity contribution in [3.8, 4) is 23.0 Å². The zero-order valence-corrected chi connectivity index (χ0v) is 11.9. The molecule has 3 rings (SSSR count). The van der Waals surface area contributed by atoms with E-state index >= 15 is 0 Å². The van der Waals surface area contributed by atoms with E-state index in [1.165, 1.54) is 0 Å². The fourth-order valence-electron chi connectivity index (χ4n) is 1.91. The highest BCUT2D eigenvalue weighted by Gasteiger charge is 2.33. The predicted octanol–water partition coefficient (Wildman–Crippen LogP) is 3.16. The number of hydrogen-bond donors (Lipinski definition) is 0. The minimum absolute atomic E-state index is 0.00816. The molecule has 117 valence electrons. The van der Waals surface area contributed by atoms with Crippen LogP contribution >= 0.6 is 0 Å². The van der Waals surface area contributed by atoms with Crippen molar-refractivity contribution < 1.29 is 17.9 Å². The minimum Gasteiger partial charge on any atom is -0.497 e. The summed E-state index contributed by atoms with van der Waals surface area (Å²) >= 11 is 0. The summed E-state index contributed by atoms with van der Waals surface area (Å²) in [4.78, 5) is 8.05. The second-order valence-corrected chi connectivity index (χ2v) is 4.55. The number of hydrogen-bond acceptors (Lipinski definition) is 4. The van der Waals surface area contributed by atoms with E-state index in [0.717, 1.165) is 22.5 Å². The molecule has 0 aliphatic heterocycles. The molecular formula is C15H10F3N4O. The molecule has 0 fully saturated rings. The van der Waals surface area contributed by atoms with Crippen LogP contribution in [-0.2, 0) is 6.18 Å². The highest BCUT2D eigenvalue weighted by molar-refractivity contribution is 5.60. The van der Waals surface area contributed by atoms with Crippen LogP contribution in [0.15, 0.2) is 42.6 Å². The molecule has 0 atom stereocenters. The molecular weight excluding hydrogens is 309 g/mol. The number of rotatable bonds is 3. The van der Waals surface area contributed by atoms with E-state index in [1.807, 2.05) is 0 Å². The van der Waals surface area contributed by atoms with Gasteiger partial charge in [-0.25, -0.2) is 14.6 Å². The molecule has 0 spiro atoms. The Morgan fingerprint density at radius 3 is 2.48 bits per heavy atom. The van der Waals surface area contributed by atoms with Gasteiger partial charge in [0.15, 0.2) is 5.69 Å². The van der Waals surface area contributed by atoms with Crippen LogP contribution in [0.5, 0.6) is 5.75 Å². The van der Waals surface area contributed by atoms with Gasteiger partial charge in [-0.1, -0.05) is 0 Å². The standard InChI is InChI=1S/C15H10F3N4O/c1-23-11-4-2-10(3-5-11)12-6-8-19-14(20-12)22-9-7-13(21-22)15(16,17)18/h2-7,9H,1H3. The van der Waals surface area contributed by atoms with E-state index in [-0.39, 0.29) is 5.95 Å². The van der Waals surface area contributed by atoms with E-state index < -0.39 is 11.9 Å². The summed E-state index contributed by atoms with van der Waals surface area (Å²) in [5.41, 5.74) is 0.270. The molecule has 1 radical (unpaired) electrons. The third kappa shape index (κ3) is 3.15. The topological polar surface area (TPSA) is 52.8 Å². The summed E-state index contributed by atoms with van der Waals surface area (Å²) in [7, 11) is 1.56. The highest BCUT2D eigenvalue weighted by atomic mass is 19.4. The Kier molecular flexibility index (Phi) is 3.73. The SMILES string of the molecule is COc1ccc(-c2c[c]nc(-n3ccc(C(F)(F)F)n3)n2)cc1. The molecule has 0 bridgehead atoms. The summed E-state index contributed by atoms with van der Waals surface area (Å²) in [6.45, 7) is 0. The van der Waals surface area contributed by atoms with Crippen LogP contribution < -0.4 is 4.74 Å². The van der Waals surface area contributed by atoms with Gasteiger partial charge >= 0.3 is 6.18 Å². The van der Waals surface area contributed by atoms with Gasteiger partial charge < -0.3 is 4.74 Å². The van der Waals surface area contributed by atoms with Gasteiger partial charge in [0.25, 0.3) is 5.95 Å². The van der Waals surface area contributed by atoms with Crippen molar-refractivity contribution in [2.75, 3.05) is 7.11 Å². The molecule has 0 unspecified atom stereocenters. The molecule has 0 aliphatic rings. The maximum atomic E-state index is 12.6. The molecule has 8 heteroatoms. The quantitative estimate of drug-likeness (QED) is 0.744. The smallest absolute Gasteiger partial charge is 0.435 e. The van der Waals surface area contributed by atoms with Crippen molar-refractivity contribution >= 4 is 0 Å². The number of aromatic nitrogens is 4. The fourth-order valence-corrected chi connectivity index (χ4v) is 1.91. The van der Waals surface area contributed by atoms with Crippen LogP contribution in [0.25, 0.3) is 17.2 Å². The Morgan fingerprint density at radius 1 is 1.13 bits per heavy atom.